The minimum Gasteiger partial charge on any atom is -0.461 e. The molecule has 0 aliphatic rings. The van der Waals surface area contributed by atoms with Gasteiger partial charge in [0.25, 0.3) is 0 Å². The Kier molecular flexibility index (Phi) is 6.08. The zero-order valence-corrected chi connectivity index (χ0v) is 12.8. The van der Waals surface area contributed by atoms with Gasteiger partial charge in [-0.15, -0.1) is 0 Å². The number of esters is 1. The first-order valence-electron chi connectivity index (χ1n) is 5.26. The molecule has 0 aromatic rings. The molecular formula is C10H22O3Si2. The highest BCUT2D eigenvalue weighted by Crippen LogP contribution is 2.06. The van der Waals surface area contributed by atoms with Gasteiger partial charge in [0.2, 0.25) is 0 Å². The van der Waals surface area contributed by atoms with Crippen LogP contribution in [0.15, 0.2) is 12.2 Å². The summed E-state index contributed by atoms with van der Waals surface area (Å²) in [5, 5.41) is 0. The summed E-state index contributed by atoms with van der Waals surface area (Å²) in [4.78, 5) is 11.3. The topological polar surface area (TPSA) is 35.5 Å². The van der Waals surface area contributed by atoms with E-state index in [1.165, 1.54) is 0 Å². The maximum absolute atomic E-state index is 11.3. The first-order chi connectivity index (χ1) is 6.76. The number of carbonyl (C=O) groups excluding carboxylic acids is 1. The number of ether oxygens (including phenoxy) is 1. The molecule has 0 radical (unpaired) electrons. The van der Waals surface area contributed by atoms with E-state index in [0.29, 0.717) is 5.57 Å². The van der Waals surface area contributed by atoms with Gasteiger partial charge in [-0.05, 0) is 33.0 Å². The molecule has 0 spiro atoms. The molecule has 15 heavy (non-hydrogen) atoms. The van der Waals surface area contributed by atoms with Crippen molar-refractivity contribution in [3.8, 4) is 0 Å². The molecule has 88 valence electrons. The van der Waals surface area contributed by atoms with Crippen LogP contribution in [0.1, 0.15) is 20.3 Å². The molecule has 0 N–H and O–H groups in total. The second-order valence-corrected chi connectivity index (χ2v) is 11.3. The van der Waals surface area contributed by atoms with E-state index < -0.39 is 18.1 Å². The van der Waals surface area contributed by atoms with Crippen LogP contribution in [-0.4, -0.2) is 29.8 Å². The van der Waals surface area contributed by atoms with Crippen LogP contribution in [0, 0.1) is 0 Å². The van der Waals surface area contributed by atoms with Gasteiger partial charge < -0.3 is 8.85 Å². The van der Waals surface area contributed by atoms with Gasteiger partial charge in [0.15, 0.2) is 18.1 Å². The van der Waals surface area contributed by atoms with E-state index in [0.717, 1.165) is 6.42 Å². The minimum absolute atomic E-state index is 0.0130. The van der Waals surface area contributed by atoms with Crippen LogP contribution in [0.5, 0.6) is 0 Å². The maximum atomic E-state index is 11.3. The van der Waals surface area contributed by atoms with Crippen molar-refractivity contribution in [1.29, 1.82) is 0 Å². The zero-order valence-electron chi connectivity index (χ0n) is 10.4. The summed E-state index contributed by atoms with van der Waals surface area (Å²) in [6.07, 6.45) is 0.829. The first-order valence-corrected chi connectivity index (χ1v) is 10.1. The summed E-state index contributed by atoms with van der Waals surface area (Å²) in [5.41, 5.74) is 0.441. The van der Waals surface area contributed by atoms with Crippen LogP contribution in [0.2, 0.25) is 19.6 Å². The molecule has 0 amide bonds. The molecule has 0 bridgehead atoms. The third-order valence-electron chi connectivity index (χ3n) is 1.78. The van der Waals surface area contributed by atoms with E-state index in [1.807, 2.05) is 6.92 Å². The van der Waals surface area contributed by atoms with Gasteiger partial charge in [0.05, 0.1) is 0 Å². The molecule has 0 saturated carbocycles. The molecule has 0 aliphatic heterocycles. The standard InChI is InChI=1S/C10H22O3Si2/c1-7-9(12-10(11)8(2)3)14-13-15(4,5)6/h9H,2,7,14H2,1,3-6H3. The van der Waals surface area contributed by atoms with Gasteiger partial charge in [-0.1, -0.05) is 13.5 Å². The molecule has 0 rings (SSSR count). The van der Waals surface area contributed by atoms with Gasteiger partial charge in [-0.2, -0.15) is 0 Å². The van der Waals surface area contributed by atoms with Gasteiger partial charge in [-0.25, -0.2) is 4.79 Å². The summed E-state index contributed by atoms with van der Waals surface area (Å²) in [6, 6.07) is 0. The molecule has 1 unspecified atom stereocenters. The Balaban J connectivity index is 4.04. The molecule has 0 aromatic carbocycles. The Morgan fingerprint density at radius 3 is 2.33 bits per heavy atom. The Morgan fingerprint density at radius 1 is 1.47 bits per heavy atom. The van der Waals surface area contributed by atoms with E-state index in [4.69, 9.17) is 8.85 Å². The van der Waals surface area contributed by atoms with Crippen molar-refractivity contribution in [3.05, 3.63) is 12.2 Å². The lowest BCUT2D eigenvalue weighted by Gasteiger charge is -2.22. The van der Waals surface area contributed by atoms with E-state index in [9.17, 15) is 4.79 Å². The van der Waals surface area contributed by atoms with E-state index >= 15 is 0 Å². The van der Waals surface area contributed by atoms with E-state index in [1.54, 1.807) is 6.92 Å². The smallest absolute Gasteiger partial charge is 0.333 e. The molecule has 0 aromatic heterocycles. The van der Waals surface area contributed by atoms with Crippen molar-refractivity contribution in [2.75, 3.05) is 0 Å². The Hall–Kier alpha value is -0.396. The van der Waals surface area contributed by atoms with Crippen LogP contribution >= 0.6 is 0 Å². The number of hydrogen-bond acceptors (Lipinski definition) is 3. The number of carbonyl (C=O) groups is 1. The lowest BCUT2D eigenvalue weighted by atomic mass is 10.4. The normalized spacial score (nSPS) is 14.2. The lowest BCUT2D eigenvalue weighted by molar-refractivity contribution is -0.141. The average molecular weight is 246 g/mol. The predicted octanol–water partition coefficient (Wildman–Crippen LogP) is 1.78. The monoisotopic (exact) mass is 246 g/mol. The minimum atomic E-state index is -1.47. The summed E-state index contributed by atoms with van der Waals surface area (Å²) in [7, 11) is -2.24. The fraction of sp³-hybridized carbons (Fsp3) is 0.700. The third-order valence-corrected chi connectivity index (χ3v) is 7.03. The zero-order chi connectivity index (χ0) is 12.1. The molecule has 5 heteroatoms. The lowest BCUT2D eigenvalue weighted by Crippen LogP contribution is -2.35. The number of hydrogen-bond donors (Lipinski definition) is 0. The highest BCUT2D eigenvalue weighted by Gasteiger charge is 2.19. The molecule has 0 aliphatic carbocycles. The van der Waals surface area contributed by atoms with E-state index in [-0.39, 0.29) is 11.7 Å². The molecule has 3 nitrogen and oxygen atoms in total. The van der Waals surface area contributed by atoms with Crippen LogP contribution in [-0.2, 0) is 13.6 Å². The summed E-state index contributed by atoms with van der Waals surface area (Å²) in [6.45, 7) is 13.7. The molecular weight excluding hydrogens is 224 g/mol. The van der Waals surface area contributed by atoms with Crippen molar-refractivity contribution < 1.29 is 13.6 Å². The quantitative estimate of drug-likeness (QED) is 0.407. The van der Waals surface area contributed by atoms with Crippen LogP contribution in [0.3, 0.4) is 0 Å². The molecule has 0 fully saturated rings. The van der Waals surface area contributed by atoms with Crippen LogP contribution in [0.4, 0.5) is 0 Å². The van der Waals surface area contributed by atoms with Crippen molar-refractivity contribution in [2.24, 2.45) is 0 Å². The van der Waals surface area contributed by atoms with E-state index in [2.05, 4.69) is 26.2 Å². The van der Waals surface area contributed by atoms with Gasteiger partial charge >= 0.3 is 5.97 Å². The Morgan fingerprint density at radius 2 is 2.00 bits per heavy atom. The second-order valence-electron chi connectivity index (χ2n) is 4.64. The average Bonchev–Trinajstić information content (AvgIpc) is 2.10. The molecule has 0 saturated heterocycles. The van der Waals surface area contributed by atoms with Crippen molar-refractivity contribution in [2.45, 2.75) is 45.6 Å². The fourth-order valence-corrected chi connectivity index (χ4v) is 4.03. The fourth-order valence-electron chi connectivity index (χ4n) is 0.830. The molecule has 1 atom stereocenters. The van der Waals surface area contributed by atoms with Gasteiger partial charge in [0, 0.05) is 5.57 Å². The third kappa shape index (κ3) is 7.52. The summed E-state index contributed by atoms with van der Waals surface area (Å²) < 4.78 is 11.1. The Labute approximate surface area is 95.9 Å². The highest BCUT2D eigenvalue weighted by atomic mass is 28.4. The van der Waals surface area contributed by atoms with Crippen molar-refractivity contribution in [1.82, 2.24) is 0 Å². The Bertz CT molecular complexity index is 233. The second kappa shape index (κ2) is 6.24. The predicted molar refractivity (Wildman–Crippen MR) is 68.0 cm³/mol. The van der Waals surface area contributed by atoms with Gasteiger partial charge in [-0.3, -0.25) is 0 Å². The van der Waals surface area contributed by atoms with Crippen molar-refractivity contribution in [3.63, 3.8) is 0 Å². The van der Waals surface area contributed by atoms with Crippen LogP contribution < -0.4 is 0 Å². The maximum Gasteiger partial charge on any atom is 0.333 e. The largest absolute Gasteiger partial charge is 0.461 e. The first kappa shape index (κ1) is 14.6. The van der Waals surface area contributed by atoms with Gasteiger partial charge in [0.1, 0.15) is 5.73 Å². The van der Waals surface area contributed by atoms with Crippen LogP contribution in [0.25, 0.3) is 0 Å². The molecule has 0 heterocycles. The SMILES string of the molecule is C=C(C)C(=O)OC(CC)[SiH2]O[Si](C)(C)C. The summed E-state index contributed by atoms with van der Waals surface area (Å²) >= 11 is 0. The van der Waals surface area contributed by atoms with Crippen molar-refractivity contribution >= 4 is 24.0 Å². The summed E-state index contributed by atoms with van der Waals surface area (Å²) in [5.74, 6) is -0.298. The highest BCUT2D eigenvalue weighted by molar-refractivity contribution is 6.74. The number of rotatable bonds is 6.